The zero-order valence-corrected chi connectivity index (χ0v) is 27.1. The van der Waals surface area contributed by atoms with Gasteiger partial charge in [0.1, 0.15) is 24.7 Å². The van der Waals surface area contributed by atoms with Crippen molar-refractivity contribution in [3.63, 3.8) is 0 Å². The van der Waals surface area contributed by atoms with Crippen LogP contribution in [0.15, 0.2) is 24.3 Å². The summed E-state index contributed by atoms with van der Waals surface area (Å²) in [5.74, 6) is 0.702. The molecule has 0 aliphatic heterocycles. The van der Waals surface area contributed by atoms with Crippen molar-refractivity contribution in [3.05, 3.63) is 29.8 Å². The van der Waals surface area contributed by atoms with Crippen LogP contribution in [0.25, 0.3) is 0 Å². The molecule has 1 aromatic carbocycles. The van der Waals surface area contributed by atoms with E-state index < -0.39 is 7.82 Å². The van der Waals surface area contributed by atoms with E-state index in [1.165, 1.54) is 64.2 Å². The molecule has 7 nitrogen and oxygen atoms in total. The van der Waals surface area contributed by atoms with Gasteiger partial charge in [-0.3, -0.25) is 13.8 Å². The fourth-order valence-electron chi connectivity index (χ4n) is 4.51. The molecule has 40 heavy (non-hydrogen) atoms. The highest BCUT2D eigenvalue weighted by molar-refractivity contribution is 7.47. The first-order valence-electron chi connectivity index (χ1n) is 15.8. The molecule has 0 bridgehead atoms. The highest BCUT2D eigenvalue weighted by Gasteiger charge is 2.26. The summed E-state index contributed by atoms with van der Waals surface area (Å²) in [4.78, 5) is 22.4. The molecular weight excluding hydrogens is 525 g/mol. The summed E-state index contributed by atoms with van der Waals surface area (Å²) < 4.78 is 29.7. The minimum atomic E-state index is -4.19. The second-order valence-electron chi connectivity index (χ2n) is 11.8. The van der Waals surface area contributed by atoms with Crippen LogP contribution in [0.3, 0.4) is 0 Å². The van der Waals surface area contributed by atoms with E-state index in [-0.39, 0.29) is 24.9 Å². The van der Waals surface area contributed by atoms with E-state index in [0.717, 1.165) is 24.3 Å². The molecule has 0 spiro atoms. The summed E-state index contributed by atoms with van der Waals surface area (Å²) in [5.41, 5.74) is 1.02. The number of quaternary nitrogens is 1. The number of likely N-dealkylation sites (N-methyl/N-ethyl adjacent to an activating group) is 1. The van der Waals surface area contributed by atoms with Crippen molar-refractivity contribution in [2.45, 2.75) is 111 Å². The van der Waals surface area contributed by atoms with Crippen molar-refractivity contribution >= 4 is 13.6 Å². The van der Waals surface area contributed by atoms with Crippen LogP contribution in [0.4, 0.5) is 0 Å². The van der Waals surface area contributed by atoms with Crippen LogP contribution in [-0.4, -0.2) is 62.2 Å². The average Bonchev–Trinajstić information content (AvgIpc) is 2.92. The number of hydrogen-bond donors (Lipinski definition) is 1. The van der Waals surface area contributed by atoms with Gasteiger partial charge in [0.15, 0.2) is 0 Å². The predicted octanol–water partition coefficient (Wildman–Crippen LogP) is 8.13. The zero-order valence-electron chi connectivity index (χ0n) is 26.2. The van der Waals surface area contributed by atoms with Gasteiger partial charge in [0.2, 0.25) is 0 Å². The number of phosphoric ester groups is 1. The summed E-state index contributed by atoms with van der Waals surface area (Å²) in [6.07, 6.45) is 15.6. The molecule has 0 radical (unpaired) electrons. The number of Topliss-reactive ketones (excluding diaryl/α,β-unsaturated/α-hetero) is 1. The molecule has 0 aromatic heterocycles. The summed E-state index contributed by atoms with van der Waals surface area (Å²) in [6.45, 7) is 8.45. The molecule has 0 saturated heterocycles. The van der Waals surface area contributed by atoms with Crippen LogP contribution in [-0.2, 0) is 24.8 Å². The predicted molar refractivity (Wildman–Crippen MR) is 165 cm³/mol. The summed E-state index contributed by atoms with van der Waals surface area (Å²) >= 11 is 0. The molecular formula is C32H59NO6P+. The molecule has 1 aromatic rings. The van der Waals surface area contributed by atoms with Crippen LogP contribution in [0.1, 0.15) is 110 Å². The topological polar surface area (TPSA) is 82.1 Å². The first-order valence-corrected chi connectivity index (χ1v) is 17.3. The second kappa shape index (κ2) is 21.5. The van der Waals surface area contributed by atoms with Crippen LogP contribution in [0.2, 0.25) is 0 Å². The Morgan fingerprint density at radius 1 is 0.900 bits per heavy atom. The molecule has 8 heteroatoms. The standard InChI is InChI=1S/C32H58NO6P/c1-6-9-10-11-12-13-14-15-16-17-18-23-37-32-21-19-20-29(27-32)25-30(26-31(34)7-2)28-39-40(35,36)38-24-22-33(4,5)8-3/h19-21,27,30H,6-18,22-26,28H2,1-5H3/p+1. The Labute approximate surface area is 245 Å². The fourth-order valence-corrected chi connectivity index (χ4v) is 5.29. The third kappa shape index (κ3) is 19.0. The molecule has 232 valence electrons. The van der Waals surface area contributed by atoms with Gasteiger partial charge in [0.05, 0.1) is 33.9 Å². The van der Waals surface area contributed by atoms with E-state index in [1.54, 1.807) is 0 Å². The molecule has 0 fully saturated rings. The summed E-state index contributed by atoms with van der Waals surface area (Å²) in [7, 11) is -0.119. The maximum Gasteiger partial charge on any atom is 0.472 e. The molecule has 0 heterocycles. The van der Waals surface area contributed by atoms with Crippen LogP contribution in [0, 0.1) is 5.92 Å². The minimum absolute atomic E-state index is 0.0185. The Hall–Kier alpha value is -1.24. The first-order chi connectivity index (χ1) is 19.1. The minimum Gasteiger partial charge on any atom is -0.494 e. The van der Waals surface area contributed by atoms with E-state index >= 15 is 0 Å². The largest absolute Gasteiger partial charge is 0.494 e. The average molecular weight is 585 g/mol. The molecule has 2 atom stereocenters. The highest BCUT2D eigenvalue weighted by atomic mass is 31.2. The monoisotopic (exact) mass is 584 g/mol. The smallest absolute Gasteiger partial charge is 0.472 e. The van der Waals surface area contributed by atoms with Gasteiger partial charge in [-0.05, 0) is 43.4 Å². The fraction of sp³-hybridized carbons (Fsp3) is 0.781. The van der Waals surface area contributed by atoms with Gasteiger partial charge in [-0.2, -0.15) is 0 Å². The Morgan fingerprint density at radius 2 is 1.52 bits per heavy atom. The molecule has 0 amide bonds. The number of benzene rings is 1. The lowest BCUT2D eigenvalue weighted by molar-refractivity contribution is -0.888. The number of hydrogen-bond acceptors (Lipinski definition) is 5. The van der Waals surface area contributed by atoms with Crippen LogP contribution in [0.5, 0.6) is 5.75 Å². The molecule has 0 saturated carbocycles. The lowest BCUT2D eigenvalue weighted by atomic mass is 9.94. The number of ketones is 1. The Bertz CT molecular complexity index is 846. The first kappa shape index (κ1) is 36.8. The number of phosphoric acid groups is 1. The van der Waals surface area contributed by atoms with E-state index in [9.17, 15) is 14.3 Å². The quantitative estimate of drug-likeness (QED) is 0.0672. The number of carbonyl (C=O) groups excluding carboxylic acids is 1. The maximum atomic E-state index is 12.4. The Morgan fingerprint density at radius 3 is 2.12 bits per heavy atom. The zero-order chi connectivity index (χ0) is 29.7. The molecule has 1 rings (SSSR count). The van der Waals surface area contributed by atoms with Crippen LogP contribution >= 0.6 is 7.82 Å². The summed E-state index contributed by atoms with van der Waals surface area (Å²) in [6, 6.07) is 7.91. The Kier molecular flexibility index (Phi) is 19.7. The highest BCUT2D eigenvalue weighted by Crippen LogP contribution is 2.44. The van der Waals surface area contributed by atoms with E-state index in [2.05, 4.69) is 13.8 Å². The number of nitrogens with zero attached hydrogens (tertiary/aromatic N) is 1. The molecule has 1 N–H and O–H groups in total. The van der Waals surface area contributed by atoms with Gasteiger partial charge in [-0.25, -0.2) is 4.57 Å². The van der Waals surface area contributed by atoms with Gasteiger partial charge in [-0.1, -0.05) is 90.2 Å². The van der Waals surface area contributed by atoms with Gasteiger partial charge < -0.3 is 14.1 Å². The van der Waals surface area contributed by atoms with Crippen molar-refractivity contribution < 1.29 is 32.5 Å². The SMILES string of the molecule is CCCCCCCCCCCCCOc1cccc(CC(COP(=O)(O)OCC[N+](C)(C)CC)CC(=O)CC)c1. The molecule has 2 unspecified atom stereocenters. The van der Waals surface area contributed by atoms with Crippen LogP contribution < -0.4 is 4.74 Å². The Balaban J connectivity index is 2.44. The third-order valence-corrected chi connectivity index (χ3v) is 8.61. The van der Waals surface area contributed by atoms with Gasteiger partial charge >= 0.3 is 7.82 Å². The van der Waals surface area contributed by atoms with Crippen molar-refractivity contribution in [1.82, 2.24) is 0 Å². The summed E-state index contributed by atoms with van der Waals surface area (Å²) in [5, 5.41) is 0. The lowest BCUT2D eigenvalue weighted by Gasteiger charge is -2.28. The van der Waals surface area contributed by atoms with E-state index in [4.69, 9.17) is 13.8 Å². The van der Waals surface area contributed by atoms with Gasteiger partial charge in [-0.15, -0.1) is 0 Å². The van der Waals surface area contributed by atoms with E-state index in [0.29, 0.717) is 36.9 Å². The lowest BCUT2D eigenvalue weighted by Crippen LogP contribution is -2.41. The molecule has 0 aliphatic carbocycles. The maximum absolute atomic E-state index is 12.4. The second-order valence-corrected chi connectivity index (χ2v) is 13.2. The third-order valence-electron chi connectivity index (χ3n) is 7.63. The number of rotatable bonds is 26. The molecule has 0 aliphatic rings. The van der Waals surface area contributed by atoms with E-state index in [1.807, 2.05) is 45.3 Å². The normalized spacial score (nSPS) is 14.2. The van der Waals surface area contributed by atoms with Crippen molar-refractivity contribution in [3.8, 4) is 5.75 Å². The number of unbranched alkanes of at least 4 members (excludes halogenated alkanes) is 10. The number of carbonyl (C=O) groups is 1. The van der Waals surface area contributed by atoms with Crippen molar-refractivity contribution in [2.75, 3.05) is 47.0 Å². The van der Waals surface area contributed by atoms with Gasteiger partial charge in [0.25, 0.3) is 0 Å². The van der Waals surface area contributed by atoms with Crippen molar-refractivity contribution in [2.24, 2.45) is 5.92 Å². The number of ether oxygens (including phenoxy) is 1. The van der Waals surface area contributed by atoms with Gasteiger partial charge in [0, 0.05) is 12.8 Å². The van der Waals surface area contributed by atoms with Crippen molar-refractivity contribution in [1.29, 1.82) is 0 Å².